The number of esters is 3. The molecule has 0 aliphatic rings. The van der Waals surface area contributed by atoms with E-state index in [1.165, 1.54) is 70.6 Å². The topological polar surface area (TPSA) is 78.9 Å². The first kappa shape index (κ1) is 67.8. The average Bonchev–Trinajstić information content (AvgIpc) is 3.38. The SMILES string of the molecule is CC/C=C\C/C=C\C/C=C\C/C=C\C/C=C\C/C=C\C/C=C\CCCCCCCCCC(=O)OCC(COC(=O)CCCCCCCCCCCC)OC(=O)CCCCCCC/C=C\C/C=C\C/C=C\CC. The molecule has 0 heterocycles. The van der Waals surface area contributed by atoms with E-state index in [-0.39, 0.29) is 31.1 Å². The minimum Gasteiger partial charge on any atom is -0.462 e. The van der Waals surface area contributed by atoms with Gasteiger partial charge in [-0.25, -0.2) is 0 Å². The highest BCUT2D eigenvalue weighted by molar-refractivity contribution is 5.71. The zero-order valence-corrected chi connectivity index (χ0v) is 46.7. The quantitative estimate of drug-likeness (QED) is 0.0261. The summed E-state index contributed by atoms with van der Waals surface area (Å²) in [5.41, 5.74) is 0. The van der Waals surface area contributed by atoms with Crippen molar-refractivity contribution in [1.82, 2.24) is 0 Å². The summed E-state index contributed by atoms with van der Waals surface area (Å²) in [7, 11) is 0. The van der Waals surface area contributed by atoms with Crippen LogP contribution in [0.25, 0.3) is 0 Å². The number of carbonyl (C=O) groups excluding carboxylic acids is 3. The molecule has 0 N–H and O–H groups in total. The third kappa shape index (κ3) is 56.7. The molecule has 0 bridgehead atoms. The molecule has 0 amide bonds. The van der Waals surface area contributed by atoms with E-state index < -0.39 is 6.10 Å². The number of unbranched alkanes of at least 4 members (excludes halogenated alkanes) is 21. The van der Waals surface area contributed by atoms with Crippen LogP contribution in [0.3, 0.4) is 0 Å². The normalized spacial score (nSPS) is 13.0. The summed E-state index contributed by atoms with van der Waals surface area (Å²) in [6.45, 7) is 6.37. The molecule has 6 heteroatoms. The van der Waals surface area contributed by atoms with E-state index in [1.807, 2.05) is 0 Å². The Morgan fingerprint density at radius 1 is 0.292 bits per heavy atom. The number of carbonyl (C=O) groups is 3. The fourth-order valence-electron chi connectivity index (χ4n) is 7.85. The van der Waals surface area contributed by atoms with Crippen LogP contribution < -0.4 is 0 Å². The molecule has 0 aliphatic heterocycles. The van der Waals surface area contributed by atoms with Gasteiger partial charge in [-0.3, -0.25) is 14.4 Å². The fourth-order valence-corrected chi connectivity index (χ4v) is 7.85. The number of hydrogen-bond donors (Lipinski definition) is 0. The molecule has 408 valence electrons. The lowest BCUT2D eigenvalue weighted by Gasteiger charge is -2.18. The summed E-state index contributed by atoms with van der Waals surface area (Å²) in [6.07, 6.45) is 82.0. The van der Waals surface area contributed by atoms with Crippen LogP contribution in [0, 0.1) is 0 Å². The number of hydrogen-bond acceptors (Lipinski definition) is 6. The maximum atomic E-state index is 12.8. The second-order valence-electron chi connectivity index (χ2n) is 19.1. The van der Waals surface area contributed by atoms with Gasteiger partial charge in [0, 0.05) is 19.3 Å². The number of rotatable bonds is 52. The van der Waals surface area contributed by atoms with Crippen LogP contribution in [-0.4, -0.2) is 37.2 Å². The Bertz CT molecular complexity index is 1520. The van der Waals surface area contributed by atoms with Gasteiger partial charge in [-0.1, -0.05) is 251 Å². The van der Waals surface area contributed by atoms with E-state index >= 15 is 0 Å². The van der Waals surface area contributed by atoms with Gasteiger partial charge in [-0.05, 0) is 109 Å². The van der Waals surface area contributed by atoms with Gasteiger partial charge < -0.3 is 14.2 Å². The van der Waals surface area contributed by atoms with Crippen LogP contribution in [0.4, 0.5) is 0 Å². The predicted octanol–water partition coefficient (Wildman–Crippen LogP) is 20.0. The van der Waals surface area contributed by atoms with Crippen LogP contribution in [0.1, 0.15) is 258 Å². The summed E-state index contributed by atoms with van der Waals surface area (Å²) in [6, 6.07) is 0. The largest absolute Gasteiger partial charge is 0.462 e. The molecule has 1 unspecified atom stereocenters. The van der Waals surface area contributed by atoms with Gasteiger partial charge >= 0.3 is 17.9 Å². The van der Waals surface area contributed by atoms with E-state index in [1.54, 1.807) is 0 Å². The zero-order valence-electron chi connectivity index (χ0n) is 46.7. The van der Waals surface area contributed by atoms with Crippen LogP contribution in [0.5, 0.6) is 0 Å². The second-order valence-corrected chi connectivity index (χ2v) is 19.1. The molecule has 0 aliphatic carbocycles. The molecular weight excluding hydrogens is 889 g/mol. The van der Waals surface area contributed by atoms with Crippen LogP contribution >= 0.6 is 0 Å². The lowest BCUT2D eigenvalue weighted by atomic mass is 10.1. The van der Waals surface area contributed by atoms with E-state index in [9.17, 15) is 14.4 Å². The lowest BCUT2D eigenvalue weighted by Crippen LogP contribution is -2.30. The van der Waals surface area contributed by atoms with Gasteiger partial charge in [-0.2, -0.15) is 0 Å². The molecule has 0 spiro atoms. The van der Waals surface area contributed by atoms with Gasteiger partial charge in [0.2, 0.25) is 0 Å². The van der Waals surface area contributed by atoms with E-state index in [4.69, 9.17) is 14.2 Å². The maximum Gasteiger partial charge on any atom is 0.306 e. The summed E-state index contributed by atoms with van der Waals surface area (Å²) in [4.78, 5) is 38.1. The minimum absolute atomic E-state index is 0.0892. The Hall–Kier alpha value is -4.19. The Morgan fingerprint density at radius 2 is 0.542 bits per heavy atom. The summed E-state index contributed by atoms with van der Waals surface area (Å²) >= 11 is 0. The molecule has 0 aromatic carbocycles. The van der Waals surface area contributed by atoms with Crippen LogP contribution in [0.15, 0.2) is 122 Å². The van der Waals surface area contributed by atoms with Crippen molar-refractivity contribution in [1.29, 1.82) is 0 Å². The molecular formula is C66H108O6. The zero-order chi connectivity index (χ0) is 52.2. The highest BCUT2D eigenvalue weighted by atomic mass is 16.6. The monoisotopic (exact) mass is 997 g/mol. The highest BCUT2D eigenvalue weighted by Gasteiger charge is 2.19. The van der Waals surface area contributed by atoms with E-state index in [0.29, 0.717) is 19.3 Å². The first-order valence-corrected chi connectivity index (χ1v) is 29.5. The van der Waals surface area contributed by atoms with Crippen molar-refractivity contribution in [3.05, 3.63) is 122 Å². The highest BCUT2D eigenvalue weighted by Crippen LogP contribution is 2.14. The second kappa shape index (κ2) is 59.4. The molecule has 0 rings (SSSR count). The molecule has 1 atom stereocenters. The van der Waals surface area contributed by atoms with E-state index in [2.05, 4.69) is 142 Å². The molecule has 0 aromatic heterocycles. The minimum atomic E-state index is -0.793. The first-order valence-electron chi connectivity index (χ1n) is 29.5. The van der Waals surface area contributed by atoms with Gasteiger partial charge in [-0.15, -0.1) is 0 Å². The molecule has 72 heavy (non-hydrogen) atoms. The third-order valence-electron chi connectivity index (χ3n) is 12.2. The van der Waals surface area contributed by atoms with Crippen molar-refractivity contribution in [3.63, 3.8) is 0 Å². The lowest BCUT2D eigenvalue weighted by molar-refractivity contribution is -0.167. The molecule has 0 fully saturated rings. The Balaban J connectivity index is 4.29. The van der Waals surface area contributed by atoms with Crippen molar-refractivity contribution >= 4 is 17.9 Å². The number of ether oxygens (including phenoxy) is 3. The Labute approximate surface area is 443 Å². The first-order chi connectivity index (χ1) is 35.5. The summed E-state index contributed by atoms with van der Waals surface area (Å²) in [5.74, 6) is -0.920. The summed E-state index contributed by atoms with van der Waals surface area (Å²) in [5, 5.41) is 0. The van der Waals surface area contributed by atoms with Crippen LogP contribution in [-0.2, 0) is 28.6 Å². The Kier molecular flexibility index (Phi) is 55.9. The number of allylic oxidation sites excluding steroid dienone is 20. The van der Waals surface area contributed by atoms with Gasteiger partial charge in [0.05, 0.1) is 0 Å². The fraction of sp³-hybridized carbons (Fsp3) is 0.652. The average molecular weight is 998 g/mol. The molecule has 0 aromatic rings. The van der Waals surface area contributed by atoms with Crippen molar-refractivity contribution in [3.8, 4) is 0 Å². The van der Waals surface area contributed by atoms with Gasteiger partial charge in [0.25, 0.3) is 0 Å². The van der Waals surface area contributed by atoms with Crippen molar-refractivity contribution in [2.45, 2.75) is 264 Å². The molecule has 6 nitrogen and oxygen atoms in total. The predicted molar refractivity (Wildman–Crippen MR) is 311 cm³/mol. The maximum absolute atomic E-state index is 12.8. The Morgan fingerprint density at radius 3 is 0.847 bits per heavy atom. The van der Waals surface area contributed by atoms with Gasteiger partial charge in [0.1, 0.15) is 13.2 Å². The third-order valence-corrected chi connectivity index (χ3v) is 12.2. The van der Waals surface area contributed by atoms with E-state index in [0.717, 1.165) is 148 Å². The van der Waals surface area contributed by atoms with Crippen molar-refractivity contribution in [2.75, 3.05) is 13.2 Å². The van der Waals surface area contributed by atoms with Crippen LogP contribution in [0.2, 0.25) is 0 Å². The van der Waals surface area contributed by atoms with Gasteiger partial charge in [0.15, 0.2) is 6.10 Å². The standard InChI is InChI=1S/C66H108O6/c1-4-7-10-13-16-19-22-24-26-27-28-29-30-31-32-33-34-35-36-37-38-39-41-42-44-47-50-53-56-59-65(68)71-62-63(61-70-64(67)58-55-52-49-46-21-18-15-12-9-6-3)72-66(69)60-57-54-51-48-45-43-40-25-23-20-17-14-11-8-5-2/h7-8,10-11,16-17,19-20,24-26,28-29,31-32,34-35,37-38,40,63H,4-6,9,12-15,18,21-23,27,30,33,36,39,41-62H2,1-3H3/b10-7-,11-8-,19-16-,20-17-,26-24-,29-28-,32-31-,35-34-,38-37-,40-25-. The van der Waals surface area contributed by atoms with Crippen molar-refractivity contribution < 1.29 is 28.6 Å². The smallest absolute Gasteiger partial charge is 0.306 e. The summed E-state index contributed by atoms with van der Waals surface area (Å²) < 4.78 is 16.8. The molecule has 0 radical (unpaired) electrons. The molecule has 0 saturated carbocycles. The molecule has 0 saturated heterocycles. The van der Waals surface area contributed by atoms with Crippen molar-refractivity contribution in [2.24, 2.45) is 0 Å².